The zero-order valence-corrected chi connectivity index (χ0v) is 11.8. The predicted molar refractivity (Wildman–Crippen MR) is 81.5 cm³/mol. The molecule has 0 aromatic carbocycles. The third kappa shape index (κ3) is 2.01. The van der Waals surface area contributed by atoms with E-state index in [1.165, 1.54) is 35.4 Å². The Morgan fingerprint density at radius 3 is 2.77 bits per heavy atom. The van der Waals surface area contributed by atoms with Gasteiger partial charge in [0.15, 0.2) is 16.6 Å². The topological polar surface area (TPSA) is 95.2 Å². The van der Waals surface area contributed by atoms with Gasteiger partial charge >= 0.3 is 0 Å². The quantitative estimate of drug-likeness (QED) is 0.860. The summed E-state index contributed by atoms with van der Waals surface area (Å²) in [5.74, 6) is 0.518. The Kier molecular flexibility index (Phi) is 2.83. The first-order valence-corrected chi connectivity index (χ1v) is 7.11. The summed E-state index contributed by atoms with van der Waals surface area (Å²) in [6.45, 7) is 0. The molecule has 2 aromatic heterocycles. The Labute approximate surface area is 128 Å². The van der Waals surface area contributed by atoms with Crippen LogP contribution in [-0.2, 0) is 4.79 Å². The molecule has 22 heavy (non-hydrogen) atoms. The molecule has 0 aliphatic carbocycles. The van der Waals surface area contributed by atoms with E-state index in [4.69, 9.17) is 14.2 Å². The van der Waals surface area contributed by atoms with Gasteiger partial charge in [0.2, 0.25) is 5.17 Å². The van der Waals surface area contributed by atoms with Crippen LogP contribution in [0.5, 0.6) is 0 Å². The van der Waals surface area contributed by atoms with Crippen LogP contribution in [0, 0.1) is 5.41 Å². The summed E-state index contributed by atoms with van der Waals surface area (Å²) in [7, 11) is 0. The van der Waals surface area contributed by atoms with E-state index in [2.05, 4.69) is 10.1 Å². The number of furan rings is 2. The number of amidine groups is 2. The molecule has 8 heteroatoms. The highest BCUT2D eigenvalue weighted by Gasteiger charge is 2.36. The summed E-state index contributed by atoms with van der Waals surface area (Å²) in [6.07, 6.45) is 4.52. The van der Waals surface area contributed by atoms with Gasteiger partial charge in [0.25, 0.3) is 5.91 Å². The highest BCUT2D eigenvalue weighted by molar-refractivity contribution is 8.27. The molecule has 4 heterocycles. The zero-order chi connectivity index (χ0) is 15.1. The SMILES string of the molecule is N=C1/C(=C/c2ccco2)C(=O)N=C2SC(c3ccco3)=NN12. The van der Waals surface area contributed by atoms with Gasteiger partial charge in [-0.1, -0.05) is 0 Å². The smallest absolute Gasteiger partial charge is 0.283 e. The number of thioether (sulfide) groups is 1. The molecular formula is C14H8N4O3S. The molecule has 2 aliphatic rings. The van der Waals surface area contributed by atoms with Crippen LogP contribution < -0.4 is 0 Å². The van der Waals surface area contributed by atoms with E-state index in [1.807, 2.05) is 0 Å². The third-order valence-corrected chi connectivity index (χ3v) is 3.94. The molecule has 1 amide bonds. The van der Waals surface area contributed by atoms with E-state index in [9.17, 15) is 4.79 Å². The van der Waals surface area contributed by atoms with Crippen LogP contribution in [0.3, 0.4) is 0 Å². The molecular weight excluding hydrogens is 304 g/mol. The van der Waals surface area contributed by atoms with Crippen LogP contribution in [0.15, 0.2) is 61.3 Å². The van der Waals surface area contributed by atoms with Crippen molar-refractivity contribution in [2.24, 2.45) is 10.1 Å². The summed E-state index contributed by atoms with van der Waals surface area (Å²) in [5, 5.41) is 14.7. The maximum Gasteiger partial charge on any atom is 0.283 e. The second kappa shape index (κ2) is 4.85. The Bertz CT molecular complexity index is 847. The van der Waals surface area contributed by atoms with Crippen molar-refractivity contribution in [1.29, 1.82) is 5.41 Å². The lowest BCUT2D eigenvalue weighted by atomic mass is 10.1. The van der Waals surface area contributed by atoms with Gasteiger partial charge in [-0.2, -0.15) is 15.1 Å². The fourth-order valence-electron chi connectivity index (χ4n) is 2.01. The molecule has 7 nitrogen and oxygen atoms in total. The largest absolute Gasteiger partial charge is 0.465 e. The normalized spacial score (nSPS) is 19.5. The Balaban J connectivity index is 1.72. The standard InChI is InChI=1S/C14H8N4O3S/c15-11-9(7-8-3-1-5-20-8)12(19)16-14-18(11)17-13(22-14)10-4-2-6-21-10/h1-7,15H/b9-7-,15-11?. The van der Waals surface area contributed by atoms with Gasteiger partial charge in [0.05, 0.1) is 18.1 Å². The molecule has 4 rings (SSSR count). The van der Waals surface area contributed by atoms with Gasteiger partial charge in [-0.05, 0) is 42.1 Å². The van der Waals surface area contributed by atoms with Gasteiger partial charge in [-0.3, -0.25) is 10.2 Å². The summed E-state index contributed by atoms with van der Waals surface area (Å²) >= 11 is 1.19. The average Bonchev–Trinajstić information content (AvgIpc) is 3.23. The predicted octanol–water partition coefficient (Wildman–Crippen LogP) is 2.54. The molecule has 0 saturated carbocycles. The summed E-state index contributed by atoms with van der Waals surface area (Å²) in [6, 6.07) is 6.91. The van der Waals surface area contributed by atoms with Crippen molar-refractivity contribution < 1.29 is 13.6 Å². The number of carbonyl (C=O) groups is 1. The third-order valence-electron chi connectivity index (χ3n) is 3.02. The molecule has 0 unspecified atom stereocenters. The van der Waals surface area contributed by atoms with Gasteiger partial charge in [-0.15, -0.1) is 0 Å². The van der Waals surface area contributed by atoms with Crippen LogP contribution in [0.2, 0.25) is 0 Å². The van der Waals surface area contributed by atoms with Crippen molar-refractivity contribution in [3.05, 3.63) is 53.9 Å². The summed E-state index contributed by atoms with van der Waals surface area (Å²) in [4.78, 5) is 16.1. The summed E-state index contributed by atoms with van der Waals surface area (Å²) in [5.41, 5.74) is 0.128. The monoisotopic (exact) mass is 312 g/mol. The van der Waals surface area contributed by atoms with Crippen LogP contribution in [0.4, 0.5) is 0 Å². The molecule has 2 aliphatic heterocycles. The lowest BCUT2D eigenvalue weighted by Crippen LogP contribution is -2.35. The molecule has 108 valence electrons. The molecule has 0 saturated heterocycles. The van der Waals surface area contributed by atoms with E-state index in [-0.39, 0.29) is 11.4 Å². The Morgan fingerprint density at radius 1 is 1.23 bits per heavy atom. The minimum atomic E-state index is -0.490. The maximum absolute atomic E-state index is 12.1. The van der Waals surface area contributed by atoms with Crippen molar-refractivity contribution in [2.45, 2.75) is 0 Å². The Morgan fingerprint density at radius 2 is 2.05 bits per heavy atom. The number of carbonyl (C=O) groups excluding carboxylic acids is 1. The number of hydrazone groups is 1. The van der Waals surface area contributed by atoms with Crippen LogP contribution in [-0.4, -0.2) is 27.0 Å². The van der Waals surface area contributed by atoms with Crippen LogP contribution in [0.25, 0.3) is 6.08 Å². The fraction of sp³-hybridized carbons (Fsp3) is 0. The van der Waals surface area contributed by atoms with Crippen molar-refractivity contribution in [1.82, 2.24) is 5.01 Å². The number of hydrogen-bond acceptors (Lipinski definition) is 6. The molecule has 0 atom stereocenters. The van der Waals surface area contributed by atoms with Gasteiger partial charge in [-0.25, -0.2) is 0 Å². The number of nitrogens with one attached hydrogen (secondary N) is 1. The number of amides is 1. The van der Waals surface area contributed by atoms with E-state index in [0.29, 0.717) is 21.7 Å². The van der Waals surface area contributed by atoms with Gasteiger partial charge < -0.3 is 8.83 Å². The van der Waals surface area contributed by atoms with Gasteiger partial charge in [0.1, 0.15) is 5.76 Å². The molecule has 2 aromatic rings. The number of rotatable bonds is 2. The molecule has 0 fully saturated rings. The first-order valence-electron chi connectivity index (χ1n) is 6.30. The molecule has 0 spiro atoms. The average molecular weight is 312 g/mol. The number of nitrogens with zero attached hydrogens (tertiary/aromatic N) is 3. The number of aliphatic imine (C=N–C) groups is 1. The van der Waals surface area contributed by atoms with Crippen molar-refractivity contribution in [3.63, 3.8) is 0 Å². The number of hydrogen-bond donors (Lipinski definition) is 1. The van der Waals surface area contributed by atoms with E-state index < -0.39 is 5.91 Å². The maximum atomic E-state index is 12.1. The molecule has 0 radical (unpaired) electrons. The lowest BCUT2D eigenvalue weighted by molar-refractivity contribution is -0.114. The van der Waals surface area contributed by atoms with Crippen molar-refractivity contribution in [2.75, 3.05) is 0 Å². The molecule has 1 N–H and O–H groups in total. The van der Waals surface area contributed by atoms with E-state index in [1.54, 1.807) is 24.3 Å². The van der Waals surface area contributed by atoms with Crippen molar-refractivity contribution >= 4 is 39.8 Å². The van der Waals surface area contributed by atoms with Crippen LogP contribution in [0.1, 0.15) is 11.5 Å². The highest BCUT2D eigenvalue weighted by Crippen LogP contribution is 2.30. The molecule has 0 bridgehead atoms. The first-order chi connectivity index (χ1) is 10.7. The fourth-order valence-corrected chi connectivity index (χ4v) is 2.87. The first kappa shape index (κ1) is 12.8. The van der Waals surface area contributed by atoms with Crippen molar-refractivity contribution in [3.8, 4) is 0 Å². The second-order valence-electron chi connectivity index (χ2n) is 4.42. The zero-order valence-electron chi connectivity index (χ0n) is 11.0. The van der Waals surface area contributed by atoms with E-state index >= 15 is 0 Å². The minimum absolute atomic E-state index is 0.0412. The van der Waals surface area contributed by atoms with Crippen LogP contribution >= 0.6 is 11.8 Å². The number of fused-ring (bicyclic) bond motifs is 1. The Hall–Kier alpha value is -2.87. The van der Waals surface area contributed by atoms with Gasteiger partial charge in [0, 0.05) is 0 Å². The highest BCUT2D eigenvalue weighted by atomic mass is 32.2. The second-order valence-corrected chi connectivity index (χ2v) is 5.37. The lowest BCUT2D eigenvalue weighted by Gasteiger charge is -2.19. The summed E-state index contributed by atoms with van der Waals surface area (Å²) < 4.78 is 10.5. The minimum Gasteiger partial charge on any atom is -0.465 e. The van der Waals surface area contributed by atoms with E-state index in [0.717, 1.165) is 0 Å².